The van der Waals surface area contributed by atoms with Gasteiger partial charge in [-0.1, -0.05) is 35.6 Å². The third kappa shape index (κ3) is 3.07. The first-order chi connectivity index (χ1) is 11.7. The summed E-state index contributed by atoms with van der Waals surface area (Å²) in [5, 5.41) is 14.0. The molecule has 118 valence electrons. The molecule has 0 saturated heterocycles. The summed E-state index contributed by atoms with van der Waals surface area (Å²) in [4.78, 5) is 9.30. The zero-order valence-electron chi connectivity index (χ0n) is 12.4. The highest BCUT2D eigenvalue weighted by Crippen LogP contribution is 2.37. The summed E-state index contributed by atoms with van der Waals surface area (Å²) in [5.74, 6) is 0.0263. The molecule has 0 aliphatic carbocycles. The van der Waals surface area contributed by atoms with Crippen LogP contribution in [0.15, 0.2) is 53.5 Å². The zero-order chi connectivity index (χ0) is 16.5. The number of anilines is 2. The number of hydrogen-bond donors (Lipinski definition) is 2. The number of thiazole rings is 1. The van der Waals surface area contributed by atoms with E-state index in [1.165, 1.54) is 11.3 Å². The van der Waals surface area contributed by atoms with Crippen LogP contribution in [-0.2, 0) is 0 Å². The average Bonchev–Trinajstić information content (AvgIpc) is 3.12. The summed E-state index contributed by atoms with van der Waals surface area (Å²) in [7, 11) is 0. The Labute approximate surface area is 156 Å². The molecule has 2 N–H and O–H groups in total. The molecule has 0 radical (unpaired) electrons. The lowest BCUT2D eigenvalue weighted by atomic mass is 10.1. The van der Waals surface area contributed by atoms with Gasteiger partial charge in [0.1, 0.15) is 0 Å². The van der Waals surface area contributed by atoms with Gasteiger partial charge < -0.3 is 10.4 Å². The van der Waals surface area contributed by atoms with Gasteiger partial charge in [0.2, 0.25) is 5.88 Å². The number of nitrogens with one attached hydrogen (secondary N) is 1. The Morgan fingerprint density at radius 1 is 1.12 bits per heavy atom. The molecule has 0 atom stereocenters. The summed E-state index contributed by atoms with van der Waals surface area (Å²) in [6.07, 6.45) is 3.73. The summed E-state index contributed by atoms with van der Waals surface area (Å²) in [6.45, 7) is 0. The molecule has 0 saturated carbocycles. The number of aromatic hydroxyl groups is 1. The fourth-order valence-corrected chi connectivity index (χ4v) is 3.83. The maximum absolute atomic E-state index is 10.1. The van der Waals surface area contributed by atoms with Crippen molar-refractivity contribution in [1.29, 1.82) is 0 Å². The minimum atomic E-state index is 0.0263. The first-order valence-corrected chi connectivity index (χ1v) is 9.16. The maximum atomic E-state index is 10.1. The van der Waals surface area contributed by atoms with E-state index in [4.69, 9.17) is 0 Å². The average molecular weight is 445 g/mol. The van der Waals surface area contributed by atoms with Crippen molar-refractivity contribution in [3.63, 3.8) is 0 Å². The van der Waals surface area contributed by atoms with Crippen LogP contribution in [0, 0.1) is 3.57 Å². The first-order valence-electron chi connectivity index (χ1n) is 7.26. The van der Waals surface area contributed by atoms with Crippen LogP contribution in [0.1, 0.15) is 10.4 Å². The first kappa shape index (κ1) is 15.3. The summed E-state index contributed by atoms with van der Waals surface area (Å²) in [6, 6.07) is 15.9. The van der Waals surface area contributed by atoms with E-state index in [9.17, 15) is 5.11 Å². The molecule has 1 aliphatic heterocycles. The van der Waals surface area contributed by atoms with Crippen molar-refractivity contribution in [3.8, 4) is 5.88 Å². The van der Waals surface area contributed by atoms with Crippen molar-refractivity contribution >= 4 is 68.3 Å². The number of hydrogen-bond acceptors (Lipinski definition) is 5. The topological polar surface area (TPSA) is 57.5 Å². The van der Waals surface area contributed by atoms with Crippen LogP contribution in [0.2, 0.25) is 0 Å². The monoisotopic (exact) mass is 445 g/mol. The van der Waals surface area contributed by atoms with Gasteiger partial charge in [0.25, 0.3) is 0 Å². The van der Waals surface area contributed by atoms with E-state index in [-0.39, 0.29) is 5.88 Å². The minimum absolute atomic E-state index is 0.0263. The predicted molar refractivity (Wildman–Crippen MR) is 109 cm³/mol. The van der Waals surface area contributed by atoms with Crippen molar-refractivity contribution in [3.05, 3.63) is 62.5 Å². The highest BCUT2D eigenvalue weighted by Gasteiger charge is 2.14. The van der Waals surface area contributed by atoms with E-state index >= 15 is 0 Å². The second kappa shape index (κ2) is 6.37. The molecule has 1 aliphatic rings. The Balaban J connectivity index is 1.63. The van der Waals surface area contributed by atoms with Crippen LogP contribution in [0.5, 0.6) is 5.88 Å². The van der Waals surface area contributed by atoms with Gasteiger partial charge in [0.15, 0.2) is 5.13 Å². The van der Waals surface area contributed by atoms with E-state index in [1.54, 1.807) is 0 Å². The fourth-order valence-electron chi connectivity index (χ4n) is 2.46. The summed E-state index contributed by atoms with van der Waals surface area (Å²) >= 11 is 3.67. The van der Waals surface area contributed by atoms with Crippen molar-refractivity contribution in [1.82, 2.24) is 4.98 Å². The smallest absolute Gasteiger partial charge is 0.231 e. The second-order valence-electron chi connectivity index (χ2n) is 5.22. The number of nitrogens with zero attached hydrogens (tertiary/aromatic N) is 2. The number of allylic oxidation sites excluding steroid dienone is 1. The predicted octanol–water partition coefficient (Wildman–Crippen LogP) is 5.45. The van der Waals surface area contributed by atoms with Gasteiger partial charge in [-0.05, 0) is 52.9 Å². The Kier molecular flexibility index (Phi) is 4.07. The van der Waals surface area contributed by atoms with Gasteiger partial charge in [-0.15, -0.1) is 0 Å². The third-order valence-electron chi connectivity index (χ3n) is 3.55. The van der Waals surface area contributed by atoms with Crippen LogP contribution in [-0.4, -0.2) is 16.3 Å². The van der Waals surface area contributed by atoms with Crippen molar-refractivity contribution in [2.75, 3.05) is 5.32 Å². The molecule has 6 heteroatoms. The Hall–Kier alpha value is -2.19. The Bertz CT molecular complexity index is 978. The van der Waals surface area contributed by atoms with Gasteiger partial charge >= 0.3 is 0 Å². The van der Waals surface area contributed by atoms with Gasteiger partial charge in [-0.3, -0.25) is 4.99 Å². The SMILES string of the molecule is Oc1nc(Nc2cccc(I)c2)sc1C=C1C=Nc2ccccc21. The number of halogens is 1. The maximum Gasteiger partial charge on any atom is 0.231 e. The van der Waals surface area contributed by atoms with Gasteiger partial charge in [0.05, 0.1) is 10.6 Å². The number of rotatable bonds is 3. The van der Waals surface area contributed by atoms with E-state index in [2.05, 4.69) is 37.9 Å². The van der Waals surface area contributed by atoms with Gasteiger partial charge in [-0.25, -0.2) is 0 Å². The van der Waals surface area contributed by atoms with Gasteiger partial charge in [0, 0.05) is 26.6 Å². The highest BCUT2D eigenvalue weighted by atomic mass is 127. The Morgan fingerprint density at radius 2 is 2.00 bits per heavy atom. The molecule has 0 unspecified atom stereocenters. The molecule has 4 rings (SSSR count). The normalized spacial score (nSPS) is 14.1. The number of aliphatic imine (C=N–C) groups is 1. The number of fused-ring (bicyclic) bond motifs is 1. The van der Waals surface area contributed by atoms with E-state index in [0.717, 1.165) is 26.1 Å². The zero-order valence-corrected chi connectivity index (χ0v) is 15.4. The molecule has 0 spiro atoms. The summed E-state index contributed by atoms with van der Waals surface area (Å²) < 4.78 is 1.14. The highest BCUT2D eigenvalue weighted by molar-refractivity contribution is 14.1. The molecule has 1 aromatic heterocycles. The molecule has 2 heterocycles. The van der Waals surface area contributed by atoms with E-state index < -0.39 is 0 Å². The third-order valence-corrected chi connectivity index (χ3v) is 5.13. The molecule has 24 heavy (non-hydrogen) atoms. The fraction of sp³-hybridized carbons (Fsp3) is 0. The molecule has 4 nitrogen and oxygen atoms in total. The van der Waals surface area contributed by atoms with Crippen LogP contribution >= 0.6 is 33.9 Å². The molecule has 0 fully saturated rings. The number of aromatic nitrogens is 1. The lowest BCUT2D eigenvalue weighted by molar-refractivity contribution is 0.457. The van der Waals surface area contributed by atoms with Gasteiger partial charge in [-0.2, -0.15) is 4.98 Å². The molecule has 0 bridgehead atoms. The molecular formula is C18H12IN3OS. The second-order valence-corrected chi connectivity index (χ2v) is 7.49. The largest absolute Gasteiger partial charge is 0.492 e. The number of para-hydroxylation sites is 1. The molecule has 0 amide bonds. The molecule has 2 aromatic carbocycles. The lowest BCUT2D eigenvalue weighted by Crippen LogP contribution is -1.88. The standard InChI is InChI=1S/C18H12IN3OS/c19-12-4-3-5-13(9-12)21-18-22-17(23)16(24-18)8-11-10-20-15-7-2-1-6-14(11)15/h1-10,23H,(H,21,22). The summed E-state index contributed by atoms with van der Waals surface area (Å²) in [5.41, 5.74) is 3.94. The van der Waals surface area contributed by atoms with E-state index in [0.29, 0.717) is 10.0 Å². The van der Waals surface area contributed by atoms with Crippen LogP contribution in [0.4, 0.5) is 16.5 Å². The minimum Gasteiger partial charge on any atom is -0.492 e. The van der Waals surface area contributed by atoms with Crippen LogP contribution in [0.25, 0.3) is 11.6 Å². The van der Waals surface area contributed by atoms with E-state index in [1.807, 2.05) is 60.8 Å². The van der Waals surface area contributed by atoms with Crippen LogP contribution in [0.3, 0.4) is 0 Å². The van der Waals surface area contributed by atoms with Crippen molar-refractivity contribution in [2.45, 2.75) is 0 Å². The molecule has 3 aromatic rings. The quantitative estimate of drug-likeness (QED) is 0.527. The van der Waals surface area contributed by atoms with Crippen molar-refractivity contribution < 1.29 is 5.11 Å². The van der Waals surface area contributed by atoms with Crippen LogP contribution < -0.4 is 5.32 Å². The Morgan fingerprint density at radius 3 is 2.88 bits per heavy atom. The van der Waals surface area contributed by atoms with Crippen molar-refractivity contribution in [2.24, 2.45) is 4.99 Å². The lowest BCUT2D eigenvalue weighted by Gasteiger charge is -2.01. The molecular weight excluding hydrogens is 433 g/mol. The number of benzene rings is 2.